The zero-order valence-corrected chi connectivity index (χ0v) is 23.1. The fourth-order valence-electron chi connectivity index (χ4n) is 4.48. The molecular weight excluding hydrogens is 456 g/mol. The summed E-state index contributed by atoms with van der Waals surface area (Å²) in [6.45, 7) is 16.2. The molecule has 2 aliphatic rings. The van der Waals surface area contributed by atoms with Crippen LogP contribution in [0.5, 0.6) is 0 Å². The van der Waals surface area contributed by atoms with Crippen molar-refractivity contribution in [2.24, 2.45) is 31.8 Å². The molecule has 2 aliphatic heterocycles. The molecule has 0 saturated heterocycles. The summed E-state index contributed by atoms with van der Waals surface area (Å²) in [5.74, 6) is 9.24. The van der Waals surface area contributed by atoms with Gasteiger partial charge in [-0.05, 0) is 11.8 Å². The zero-order chi connectivity index (χ0) is 26.9. The van der Waals surface area contributed by atoms with Crippen LogP contribution in [0.25, 0.3) is 0 Å². The van der Waals surface area contributed by atoms with Crippen LogP contribution in [0.1, 0.15) is 53.4 Å². The lowest BCUT2D eigenvalue weighted by Gasteiger charge is -2.35. The van der Waals surface area contributed by atoms with E-state index in [-0.39, 0.29) is 23.9 Å². The molecule has 198 valence electrons. The number of methoxy groups -OCH3 is 4. The van der Waals surface area contributed by atoms with E-state index in [9.17, 15) is 0 Å². The van der Waals surface area contributed by atoms with Crippen LogP contribution < -0.4 is 0 Å². The molecule has 0 aromatic rings. The lowest BCUT2D eigenvalue weighted by atomic mass is 9.87. The Morgan fingerprint density at radius 2 is 1.08 bits per heavy atom. The predicted molar refractivity (Wildman–Crippen MR) is 147 cm³/mol. The number of hydrogen-bond donors (Lipinski definition) is 0. The van der Waals surface area contributed by atoms with Crippen molar-refractivity contribution in [2.75, 3.05) is 28.4 Å². The second kappa shape index (κ2) is 12.8. The van der Waals surface area contributed by atoms with Crippen molar-refractivity contribution in [1.29, 1.82) is 0 Å². The Kier molecular flexibility index (Phi) is 10.3. The quantitative estimate of drug-likeness (QED) is 0.360. The average Bonchev–Trinajstić information content (AvgIpc) is 2.86. The van der Waals surface area contributed by atoms with E-state index in [1.165, 1.54) is 0 Å². The third-order valence-corrected chi connectivity index (χ3v) is 6.38. The van der Waals surface area contributed by atoms with E-state index in [4.69, 9.17) is 38.9 Å². The van der Waals surface area contributed by atoms with Gasteiger partial charge in [-0.25, -0.2) is 20.0 Å². The Morgan fingerprint density at radius 1 is 0.722 bits per heavy atom. The molecule has 0 aliphatic carbocycles. The van der Waals surface area contributed by atoms with Crippen LogP contribution in [0.3, 0.4) is 0 Å². The first-order chi connectivity index (χ1) is 17.2. The van der Waals surface area contributed by atoms with Gasteiger partial charge in [-0.3, -0.25) is 0 Å². The third kappa shape index (κ3) is 6.00. The van der Waals surface area contributed by atoms with Crippen molar-refractivity contribution < 1.29 is 18.9 Å². The summed E-state index contributed by atoms with van der Waals surface area (Å²) in [4.78, 5) is 19.6. The number of nitrogens with zero attached hydrogens (tertiary/aromatic N) is 4. The van der Waals surface area contributed by atoms with Crippen LogP contribution in [-0.2, 0) is 18.9 Å². The molecule has 0 radical (unpaired) electrons. The molecule has 0 N–H and O–H groups in total. The number of ether oxygens (including phenoxy) is 4. The van der Waals surface area contributed by atoms with Crippen LogP contribution >= 0.6 is 0 Å². The Morgan fingerprint density at radius 3 is 1.33 bits per heavy atom. The summed E-state index contributed by atoms with van der Waals surface area (Å²) >= 11 is 0. The second-order valence-corrected chi connectivity index (χ2v) is 9.72. The highest BCUT2D eigenvalue weighted by Gasteiger charge is 2.44. The van der Waals surface area contributed by atoms with E-state index < -0.39 is 11.1 Å². The molecule has 0 aromatic heterocycles. The molecule has 0 amide bonds. The highest BCUT2D eigenvalue weighted by molar-refractivity contribution is 5.98. The van der Waals surface area contributed by atoms with E-state index in [0.717, 1.165) is 0 Å². The van der Waals surface area contributed by atoms with Gasteiger partial charge >= 0.3 is 0 Å². The van der Waals surface area contributed by atoms with E-state index in [1.54, 1.807) is 40.6 Å². The van der Waals surface area contributed by atoms with Crippen LogP contribution in [-0.4, -0.2) is 75.2 Å². The van der Waals surface area contributed by atoms with Crippen LogP contribution in [0, 0.1) is 23.7 Å². The van der Waals surface area contributed by atoms with Crippen molar-refractivity contribution in [1.82, 2.24) is 0 Å². The first-order valence-electron chi connectivity index (χ1n) is 12.4. The van der Waals surface area contributed by atoms with Gasteiger partial charge in [-0.2, -0.15) is 0 Å². The summed E-state index contributed by atoms with van der Waals surface area (Å²) in [5, 5.41) is 0. The maximum absolute atomic E-state index is 5.72. The van der Waals surface area contributed by atoms with Gasteiger partial charge in [-0.15, -0.1) is 25.0 Å². The van der Waals surface area contributed by atoms with Gasteiger partial charge < -0.3 is 18.9 Å². The van der Waals surface area contributed by atoms with Gasteiger partial charge in [0.1, 0.15) is 12.1 Å². The molecule has 36 heavy (non-hydrogen) atoms. The highest BCUT2D eigenvalue weighted by Crippen LogP contribution is 2.33. The fourth-order valence-corrected chi connectivity index (χ4v) is 4.48. The van der Waals surface area contributed by atoms with Crippen molar-refractivity contribution in [3.8, 4) is 11.8 Å². The normalized spacial score (nSPS) is 27.6. The molecule has 8 nitrogen and oxygen atoms in total. The van der Waals surface area contributed by atoms with Gasteiger partial charge in [-0.1, -0.05) is 39.8 Å². The maximum Gasteiger partial charge on any atom is 0.214 e. The van der Waals surface area contributed by atoms with Crippen LogP contribution in [0.15, 0.2) is 45.3 Å². The molecular formula is C28H42N4O4. The molecule has 2 rings (SSSR count). The van der Waals surface area contributed by atoms with Crippen LogP contribution in [0.2, 0.25) is 0 Å². The Bertz CT molecular complexity index is 909. The molecule has 0 spiro atoms. The van der Waals surface area contributed by atoms with Crippen molar-refractivity contribution in [3.05, 3.63) is 25.3 Å². The standard InChI is InChI=1S/C28H42N4O4/c1-11-15-27(25(35-9)29-21(19(3)4)23(31-27)33-7)17-13-14-18-28(16-12-2)26(36-10)30-22(20(5)6)24(32-28)34-8/h11-12,19-22H,1-2,15-18H2,3-10H3/t21-,22-,27-,28-/m1/s1. The topological polar surface area (TPSA) is 86.4 Å². The molecule has 0 bridgehead atoms. The smallest absolute Gasteiger partial charge is 0.214 e. The minimum absolute atomic E-state index is 0.204. The summed E-state index contributed by atoms with van der Waals surface area (Å²) in [5.41, 5.74) is -1.61. The van der Waals surface area contributed by atoms with Gasteiger partial charge in [0.15, 0.2) is 11.1 Å². The molecule has 4 atom stereocenters. The second-order valence-electron chi connectivity index (χ2n) is 9.72. The SMILES string of the molecule is C=CC[C@]1(CC#CC[C@@]2(CC=C)N=C(OC)[C@@H](C(C)C)N=C2OC)N=C(OC)[C@@H](C(C)C)N=C1OC. The Balaban J connectivity index is 2.44. The molecule has 8 heteroatoms. The Labute approximate surface area is 216 Å². The minimum Gasteiger partial charge on any atom is -0.483 e. The minimum atomic E-state index is -0.805. The summed E-state index contributed by atoms with van der Waals surface area (Å²) in [6, 6.07) is -0.407. The number of rotatable bonds is 8. The summed E-state index contributed by atoms with van der Waals surface area (Å²) in [6.07, 6.45) is 5.39. The van der Waals surface area contributed by atoms with E-state index in [2.05, 4.69) is 52.7 Å². The van der Waals surface area contributed by atoms with E-state index in [0.29, 0.717) is 49.3 Å². The largest absolute Gasteiger partial charge is 0.483 e. The zero-order valence-electron chi connectivity index (χ0n) is 23.1. The van der Waals surface area contributed by atoms with Crippen molar-refractivity contribution in [2.45, 2.75) is 76.5 Å². The van der Waals surface area contributed by atoms with Crippen molar-refractivity contribution in [3.63, 3.8) is 0 Å². The Hall–Kier alpha value is -3.08. The molecule has 0 unspecified atom stereocenters. The van der Waals surface area contributed by atoms with Gasteiger partial charge in [0.05, 0.1) is 28.4 Å². The summed E-state index contributed by atoms with van der Waals surface area (Å²) < 4.78 is 22.7. The number of hydrogen-bond acceptors (Lipinski definition) is 8. The first kappa shape index (κ1) is 29.2. The van der Waals surface area contributed by atoms with Gasteiger partial charge in [0.2, 0.25) is 23.6 Å². The van der Waals surface area contributed by atoms with E-state index >= 15 is 0 Å². The lowest BCUT2D eigenvalue weighted by molar-refractivity contribution is 0.304. The molecule has 0 fully saturated rings. The van der Waals surface area contributed by atoms with E-state index in [1.807, 2.05) is 0 Å². The summed E-state index contributed by atoms with van der Waals surface area (Å²) in [7, 11) is 6.47. The maximum atomic E-state index is 5.72. The number of aliphatic imine (C=N–C) groups is 4. The molecule has 0 aromatic carbocycles. The monoisotopic (exact) mass is 498 g/mol. The molecule has 2 heterocycles. The van der Waals surface area contributed by atoms with Crippen molar-refractivity contribution >= 4 is 23.6 Å². The predicted octanol–water partition coefficient (Wildman–Crippen LogP) is 4.66. The fraction of sp³-hybridized carbons (Fsp3) is 0.643. The lowest BCUT2D eigenvalue weighted by Crippen LogP contribution is -2.46. The van der Waals surface area contributed by atoms with Gasteiger partial charge in [0.25, 0.3) is 0 Å². The third-order valence-electron chi connectivity index (χ3n) is 6.38. The van der Waals surface area contributed by atoms with Gasteiger partial charge in [0, 0.05) is 25.7 Å². The molecule has 0 saturated carbocycles. The van der Waals surface area contributed by atoms with Crippen LogP contribution in [0.4, 0.5) is 0 Å². The average molecular weight is 499 g/mol. The highest BCUT2D eigenvalue weighted by atomic mass is 16.5. The first-order valence-corrected chi connectivity index (χ1v) is 12.4.